The summed E-state index contributed by atoms with van der Waals surface area (Å²) in [5, 5.41) is 23.7. The van der Waals surface area contributed by atoms with E-state index in [1.165, 1.54) is 42.2 Å². The van der Waals surface area contributed by atoms with Crippen LogP contribution in [0.1, 0.15) is 100 Å². The third-order valence-corrected chi connectivity index (χ3v) is 13.1. The number of carbonyl (C=O) groups excluding carboxylic acids is 3. The van der Waals surface area contributed by atoms with Gasteiger partial charge < -0.3 is 14.9 Å². The molecule has 5 aliphatic rings. The first kappa shape index (κ1) is 37.1. The van der Waals surface area contributed by atoms with Crippen molar-refractivity contribution in [3.63, 3.8) is 0 Å². The fourth-order valence-corrected chi connectivity index (χ4v) is 10.3. The quantitative estimate of drug-likeness (QED) is 0.154. The fourth-order valence-electron chi connectivity index (χ4n) is 10.3. The molecule has 0 bridgehead atoms. The lowest BCUT2D eigenvalue weighted by Gasteiger charge is -2.62. The molecule has 5 rings (SSSR count). The molecular weight excluding hydrogens is 619 g/mol. The molecule has 0 unspecified atom stereocenters. The lowest BCUT2D eigenvalue weighted by molar-refractivity contribution is -0.219. The molecule has 266 valence electrons. The molecule has 7 heteroatoms. The van der Waals surface area contributed by atoms with Crippen LogP contribution >= 0.6 is 0 Å². The number of fused-ring (bicyclic) bond motifs is 5. The van der Waals surface area contributed by atoms with Crippen molar-refractivity contribution in [2.24, 2.45) is 34.0 Å². The van der Waals surface area contributed by atoms with Gasteiger partial charge >= 0.3 is 5.97 Å². The number of aliphatic hydroxyl groups excluding tert-OH is 1. The van der Waals surface area contributed by atoms with Crippen LogP contribution in [0.15, 0.2) is 82.5 Å². The summed E-state index contributed by atoms with van der Waals surface area (Å²) in [4.78, 5) is 38.6. The highest BCUT2D eigenvalue weighted by atomic mass is 19.1. The summed E-state index contributed by atoms with van der Waals surface area (Å²) in [6, 6.07) is 0. The summed E-state index contributed by atoms with van der Waals surface area (Å²) >= 11 is 0. The molecule has 0 aromatic carbocycles. The van der Waals surface area contributed by atoms with Crippen LogP contribution in [-0.2, 0) is 19.1 Å². The lowest BCUT2D eigenvalue weighted by atomic mass is 9.44. The number of rotatable bonds is 8. The molecule has 0 aromatic heterocycles. The Hall–Kier alpha value is -3.16. The Bertz CT molecular complexity index is 1620. The maximum Gasteiger partial charge on any atom is 0.331 e. The Morgan fingerprint density at radius 3 is 2.49 bits per heavy atom. The molecule has 8 atom stereocenters. The Morgan fingerprint density at radius 2 is 1.80 bits per heavy atom. The average Bonchev–Trinajstić information content (AvgIpc) is 3.21. The molecule has 0 radical (unpaired) electrons. The van der Waals surface area contributed by atoms with Crippen molar-refractivity contribution in [2.75, 3.05) is 6.61 Å². The van der Waals surface area contributed by atoms with Gasteiger partial charge in [0.2, 0.25) is 5.78 Å². The topological polar surface area (TPSA) is 101 Å². The number of ether oxygens (including phenoxy) is 1. The van der Waals surface area contributed by atoms with E-state index < -0.39 is 64.3 Å². The van der Waals surface area contributed by atoms with Crippen molar-refractivity contribution in [1.82, 2.24) is 0 Å². The van der Waals surface area contributed by atoms with E-state index in [4.69, 9.17) is 4.74 Å². The normalized spacial score (nSPS) is 39.2. The molecule has 0 spiro atoms. The number of halogens is 1. The number of Topliss-reactive ketones (excluding diaryl/α,β-unsaturated/α-hetero) is 1. The summed E-state index contributed by atoms with van der Waals surface area (Å²) in [6.07, 6.45) is 19.0. The molecule has 6 nitrogen and oxygen atoms in total. The minimum atomic E-state index is -2.05. The maximum absolute atomic E-state index is 17.4. The van der Waals surface area contributed by atoms with Crippen LogP contribution in [0.25, 0.3) is 0 Å². The molecule has 5 aliphatic carbocycles. The van der Waals surface area contributed by atoms with E-state index in [1.54, 1.807) is 39.8 Å². The third-order valence-electron chi connectivity index (χ3n) is 13.1. The molecule has 0 aromatic rings. The van der Waals surface area contributed by atoms with Crippen LogP contribution in [0.4, 0.5) is 4.39 Å². The minimum Gasteiger partial charge on any atom is -0.454 e. The van der Waals surface area contributed by atoms with Gasteiger partial charge in [-0.15, -0.1) is 0 Å². The molecule has 0 saturated heterocycles. The number of hydrogen-bond acceptors (Lipinski definition) is 6. The molecule has 3 saturated carbocycles. The first-order chi connectivity index (χ1) is 22.8. The van der Waals surface area contributed by atoms with Crippen molar-refractivity contribution in [2.45, 2.75) is 118 Å². The van der Waals surface area contributed by atoms with Crippen LogP contribution in [0.5, 0.6) is 0 Å². The predicted molar refractivity (Wildman–Crippen MR) is 190 cm³/mol. The minimum absolute atomic E-state index is 0.128. The second kappa shape index (κ2) is 13.2. The molecule has 2 N–H and O–H groups in total. The number of esters is 1. The van der Waals surface area contributed by atoms with Gasteiger partial charge in [-0.3, -0.25) is 9.59 Å². The van der Waals surface area contributed by atoms with E-state index in [-0.39, 0.29) is 17.6 Å². The summed E-state index contributed by atoms with van der Waals surface area (Å²) in [5.74, 6) is -3.07. The Morgan fingerprint density at radius 1 is 1.08 bits per heavy atom. The van der Waals surface area contributed by atoms with E-state index in [1.807, 2.05) is 19.1 Å². The average molecular weight is 675 g/mol. The number of allylic oxidation sites excluding steroid dienone is 13. The van der Waals surface area contributed by atoms with E-state index in [9.17, 15) is 24.6 Å². The van der Waals surface area contributed by atoms with Crippen LogP contribution in [0.2, 0.25) is 0 Å². The van der Waals surface area contributed by atoms with Crippen molar-refractivity contribution in [3.8, 4) is 0 Å². The zero-order chi connectivity index (χ0) is 36.2. The summed E-state index contributed by atoms with van der Waals surface area (Å²) in [7, 11) is 0. The number of ketones is 2. The van der Waals surface area contributed by atoms with Gasteiger partial charge in [0.15, 0.2) is 18.1 Å². The lowest BCUT2D eigenvalue weighted by Crippen LogP contribution is -2.69. The van der Waals surface area contributed by atoms with Gasteiger partial charge in [-0.1, -0.05) is 80.9 Å². The van der Waals surface area contributed by atoms with E-state index in [0.717, 1.165) is 12.0 Å². The molecule has 0 amide bonds. The second-order valence-electron chi connectivity index (χ2n) is 16.6. The van der Waals surface area contributed by atoms with Crippen LogP contribution in [-0.4, -0.2) is 51.7 Å². The molecule has 0 aliphatic heterocycles. The van der Waals surface area contributed by atoms with Gasteiger partial charge in [0.05, 0.1) is 6.10 Å². The second-order valence-corrected chi connectivity index (χ2v) is 16.6. The number of hydrogen-bond donors (Lipinski definition) is 2. The van der Waals surface area contributed by atoms with Crippen molar-refractivity contribution in [1.29, 1.82) is 0 Å². The summed E-state index contributed by atoms with van der Waals surface area (Å²) in [5.41, 5.74) is -0.833. The molecule has 3 fully saturated rings. The highest BCUT2D eigenvalue weighted by molar-refractivity contribution is 6.01. The Labute approximate surface area is 291 Å². The SMILES string of the molecule is CC(C=CC1=C(C)CCCC1(C)C)=CC=CC(C)=CC(=O)OCC(=O)[C@@]1(O)[C@H](C)C[C@H]2[C@@H]3CCC4=CC(=O)C=C[C@]4(C)[C@@]3(F)[C@@H](O)C[C@@]21C. The summed E-state index contributed by atoms with van der Waals surface area (Å²) in [6.45, 7) is 15.3. The van der Waals surface area contributed by atoms with Gasteiger partial charge in [-0.2, -0.15) is 0 Å². The maximum atomic E-state index is 17.4. The smallest absolute Gasteiger partial charge is 0.331 e. The zero-order valence-corrected chi connectivity index (χ0v) is 30.6. The highest BCUT2D eigenvalue weighted by Crippen LogP contribution is 2.70. The van der Waals surface area contributed by atoms with E-state index in [0.29, 0.717) is 30.4 Å². The predicted octanol–water partition coefficient (Wildman–Crippen LogP) is 7.98. The fraction of sp³-hybridized carbons (Fsp3) is 0.595. The van der Waals surface area contributed by atoms with Crippen LogP contribution < -0.4 is 0 Å². The van der Waals surface area contributed by atoms with Crippen LogP contribution in [0, 0.1) is 34.0 Å². The molecule has 49 heavy (non-hydrogen) atoms. The number of aliphatic hydroxyl groups is 2. The van der Waals surface area contributed by atoms with Gasteiger partial charge in [-0.05, 0) is 113 Å². The Balaban J connectivity index is 1.24. The van der Waals surface area contributed by atoms with Crippen molar-refractivity contribution in [3.05, 3.63) is 82.5 Å². The largest absolute Gasteiger partial charge is 0.454 e. The van der Waals surface area contributed by atoms with Gasteiger partial charge in [0.1, 0.15) is 5.60 Å². The third kappa shape index (κ3) is 6.13. The first-order valence-corrected chi connectivity index (χ1v) is 18.0. The van der Waals surface area contributed by atoms with Crippen molar-refractivity contribution < 1.29 is 33.7 Å². The monoisotopic (exact) mass is 674 g/mol. The molecular formula is C42H55FO6. The Kier molecular flexibility index (Phi) is 9.99. The number of alkyl halides is 1. The number of carbonyl (C=O) groups is 3. The first-order valence-electron chi connectivity index (χ1n) is 18.0. The zero-order valence-electron chi connectivity index (χ0n) is 30.6. The van der Waals surface area contributed by atoms with E-state index >= 15 is 4.39 Å². The van der Waals surface area contributed by atoms with Crippen molar-refractivity contribution >= 4 is 17.5 Å². The van der Waals surface area contributed by atoms with Gasteiger partial charge in [0.25, 0.3) is 0 Å². The highest BCUT2D eigenvalue weighted by Gasteiger charge is 2.75. The molecule has 0 heterocycles. The van der Waals surface area contributed by atoms with Crippen LogP contribution in [0.3, 0.4) is 0 Å². The van der Waals surface area contributed by atoms with Gasteiger partial charge in [-0.25, -0.2) is 9.18 Å². The van der Waals surface area contributed by atoms with Gasteiger partial charge in [0, 0.05) is 22.8 Å². The standard InChI is InChI=1S/C42H55FO6/c1-26(14-16-32-28(3)13-10-19-38(32,5)6)11-9-12-27(2)21-37(47)49-25-36(46)42(48)29(4)22-34-33-17-15-30-23-31(44)18-20-39(30,7)41(33,43)35(45)24-40(34,42)8/h9,11-12,14,16,18,20-21,23,29,33-35,45,48H,10,13,15,17,19,22,24-25H2,1-8H3/t29-,33+,34+,35+,39+,40+,41+,42+/m1/s1. The van der Waals surface area contributed by atoms with E-state index in [2.05, 4.69) is 32.9 Å². The summed E-state index contributed by atoms with van der Waals surface area (Å²) < 4.78 is 22.8.